The quantitative estimate of drug-likeness (QED) is 0.160. The number of aromatic nitrogens is 4. The van der Waals surface area contributed by atoms with Gasteiger partial charge in [0.2, 0.25) is 0 Å². The number of rotatable bonds is 6. The summed E-state index contributed by atoms with van der Waals surface area (Å²) in [5.41, 5.74) is 11.1. The van der Waals surface area contributed by atoms with E-state index in [1.807, 2.05) is 6.20 Å². The van der Waals surface area contributed by atoms with Gasteiger partial charge in [0.05, 0.1) is 27.9 Å². The molecule has 0 unspecified atom stereocenters. The molecule has 0 radical (unpaired) electrons. The van der Waals surface area contributed by atoms with Crippen LogP contribution in [-0.2, 0) is 5.41 Å². The van der Waals surface area contributed by atoms with Crippen molar-refractivity contribution in [2.45, 2.75) is 33.1 Å². The molecule has 0 atom stereocenters. The normalized spacial score (nSPS) is 13.5. The molecule has 0 spiro atoms. The van der Waals surface area contributed by atoms with E-state index in [9.17, 15) is 0 Å². The molecule has 0 saturated heterocycles. The van der Waals surface area contributed by atoms with Crippen LogP contribution in [0.15, 0.2) is 158 Å². The highest BCUT2D eigenvalue weighted by Gasteiger charge is 2.47. The second-order valence-electron chi connectivity index (χ2n) is 15.8. The number of hydrogen-bond acceptors (Lipinski definition) is 3. The molecule has 1 aliphatic heterocycles. The molecule has 0 bridgehead atoms. The van der Waals surface area contributed by atoms with Gasteiger partial charge in [-0.05, 0) is 65.3 Å². The Labute approximate surface area is 325 Å². The van der Waals surface area contributed by atoms with Gasteiger partial charge in [0.15, 0.2) is 0 Å². The first kappa shape index (κ1) is 32.7. The molecule has 5 heterocycles. The minimum absolute atomic E-state index is 0.166. The Morgan fingerprint density at radius 3 is 1.95 bits per heavy atom. The standard InChI is InChI=1S/C51H40N4O/c1-31(2)51(32(3)4)42-21-13-20-40-39-27-25-36(30-45(39)55(48(40)42)50-43(51)22-14-28-52-50)56-35-24-26-37-38-19-11-12-23-44(38)54-47(34-17-9-6-10-18-34)46(33-15-7-5-8-16-33)53-49(54)41(37)29-35/h5-32H,1-4H3. The molecule has 0 saturated carbocycles. The lowest BCUT2D eigenvalue weighted by molar-refractivity contribution is 0.271. The van der Waals surface area contributed by atoms with Crippen LogP contribution in [0.2, 0.25) is 0 Å². The zero-order valence-electron chi connectivity index (χ0n) is 31.9. The molecule has 1 aliphatic rings. The highest BCUT2D eigenvalue weighted by molar-refractivity contribution is 6.14. The molecular formula is C51H40N4O. The van der Waals surface area contributed by atoms with E-state index >= 15 is 0 Å². The maximum atomic E-state index is 6.84. The molecule has 270 valence electrons. The van der Waals surface area contributed by atoms with Gasteiger partial charge in [0.25, 0.3) is 0 Å². The van der Waals surface area contributed by atoms with Crippen LogP contribution < -0.4 is 4.74 Å². The molecule has 4 aromatic heterocycles. The van der Waals surface area contributed by atoms with Gasteiger partial charge >= 0.3 is 0 Å². The predicted molar refractivity (Wildman–Crippen MR) is 230 cm³/mol. The maximum absolute atomic E-state index is 6.84. The van der Waals surface area contributed by atoms with E-state index in [1.54, 1.807) is 0 Å². The predicted octanol–water partition coefficient (Wildman–Crippen LogP) is 13.2. The highest BCUT2D eigenvalue weighted by Crippen LogP contribution is 2.54. The Morgan fingerprint density at radius 2 is 1.18 bits per heavy atom. The first-order chi connectivity index (χ1) is 27.4. The summed E-state index contributed by atoms with van der Waals surface area (Å²) in [5.74, 6) is 3.29. The number of hydrogen-bond donors (Lipinski definition) is 0. The fourth-order valence-corrected chi connectivity index (χ4v) is 10.2. The SMILES string of the molecule is CC(C)C1(C(C)C)c2cccnc2-n2c3cc(Oc4ccc5c6ccccc6n6c(-c7ccccc7)c(-c7ccccc7)nc6c5c4)ccc3c3cccc1c32. The lowest BCUT2D eigenvalue weighted by atomic mass is 9.59. The fraction of sp³-hybridized carbons (Fsp3) is 0.137. The second kappa shape index (κ2) is 12.1. The fourth-order valence-electron chi connectivity index (χ4n) is 10.2. The minimum Gasteiger partial charge on any atom is -0.457 e. The first-order valence-corrected chi connectivity index (χ1v) is 19.6. The van der Waals surface area contributed by atoms with Crippen LogP contribution >= 0.6 is 0 Å². The summed E-state index contributed by atoms with van der Waals surface area (Å²) in [6.07, 6.45) is 1.93. The number of benzene rings is 6. The zero-order chi connectivity index (χ0) is 37.7. The van der Waals surface area contributed by atoms with Gasteiger partial charge in [0.1, 0.15) is 23.0 Å². The summed E-state index contributed by atoms with van der Waals surface area (Å²) in [4.78, 5) is 10.5. The summed E-state index contributed by atoms with van der Waals surface area (Å²) >= 11 is 0. The van der Waals surface area contributed by atoms with Gasteiger partial charge < -0.3 is 4.74 Å². The molecule has 0 N–H and O–H groups in total. The summed E-state index contributed by atoms with van der Waals surface area (Å²) in [6, 6.07) is 53.9. The molecule has 10 aromatic rings. The molecule has 5 heteroatoms. The van der Waals surface area contributed by atoms with E-state index in [0.29, 0.717) is 11.8 Å². The topological polar surface area (TPSA) is 44.4 Å². The third kappa shape index (κ3) is 4.42. The Bertz CT molecular complexity index is 3160. The molecule has 0 fully saturated rings. The summed E-state index contributed by atoms with van der Waals surface area (Å²) in [6.45, 7) is 9.42. The van der Waals surface area contributed by atoms with E-state index < -0.39 is 0 Å². The Kier molecular flexibility index (Phi) is 7.09. The third-order valence-electron chi connectivity index (χ3n) is 12.3. The average molecular weight is 725 g/mol. The molecule has 56 heavy (non-hydrogen) atoms. The van der Waals surface area contributed by atoms with Crippen LogP contribution in [0.3, 0.4) is 0 Å². The monoisotopic (exact) mass is 724 g/mol. The number of nitrogens with zero attached hydrogens (tertiary/aromatic N) is 4. The number of para-hydroxylation sites is 2. The van der Waals surface area contributed by atoms with Crippen molar-refractivity contribution in [2.75, 3.05) is 0 Å². The third-order valence-corrected chi connectivity index (χ3v) is 12.3. The molecule has 11 rings (SSSR count). The largest absolute Gasteiger partial charge is 0.457 e. The van der Waals surface area contributed by atoms with Crippen LogP contribution in [0.1, 0.15) is 38.8 Å². The molecule has 5 nitrogen and oxygen atoms in total. The number of ether oxygens (including phenoxy) is 1. The molecule has 6 aromatic carbocycles. The van der Waals surface area contributed by atoms with Crippen molar-refractivity contribution in [1.82, 2.24) is 18.9 Å². The van der Waals surface area contributed by atoms with Crippen molar-refractivity contribution < 1.29 is 4.74 Å². The smallest absolute Gasteiger partial charge is 0.146 e. The van der Waals surface area contributed by atoms with Crippen molar-refractivity contribution in [2.24, 2.45) is 11.8 Å². The summed E-state index contributed by atoms with van der Waals surface area (Å²) in [5, 5.41) is 5.77. The van der Waals surface area contributed by atoms with Crippen molar-refractivity contribution in [3.8, 4) is 39.8 Å². The Morgan fingerprint density at radius 1 is 0.536 bits per heavy atom. The van der Waals surface area contributed by atoms with Gasteiger partial charge in [0, 0.05) is 55.9 Å². The number of fused-ring (bicyclic) bond motifs is 11. The number of imidazole rings is 1. The minimum atomic E-state index is -0.166. The zero-order valence-corrected chi connectivity index (χ0v) is 31.9. The van der Waals surface area contributed by atoms with E-state index in [-0.39, 0.29) is 5.41 Å². The first-order valence-electron chi connectivity index (χ1n) is 19.6. The summed E-state index contributed by atoms with van der Waals surface area (Å²) < 4.78 is 11.5. The van der Waals surface area contributed by atoms with Crippen LogP contribution in [0.25, 0.3) is 77.5 Å². The van der Waals surface area contributed by atoms with E-state index in [0.717, 1.165) is 72.7 Å². The lowest BCUT2D eigenvalue weighted by Gasteiger charge is -2.46. The van der Waals surface area contributed by atoms with Crippen molar-refractivity contribution in [3.63, 3.8) is 0 Å². The van der Waals surface area contributed by atoms with Crippen LogP contribution in [0, 0.1) is 11.8 Å². The maximum Gasteiger partial charge on any atom is 0.146 e. The Hall–Kier alpha value is -6.72. The van der Waals surface area contributed by atoms with Crippen molar-refractivity contribution >= 4 is 49.1 Å². The van der Waals surface area contributed by atoms with Crippen molar-refractivity contribution in [3.05, 3.63) is 169 Å². The van der Waals surface area contributed by atoms with E-state index in [4.69, 9.17) is 14.7 Å². The summed E-state index contributed by atoms with van der Waals surface area (Å²) in [7, 11) is 0. The van der Waals surface area contributed by atoms with Gasteiger partial charge in [-0.3, -0.25) is 8.97 Å². The average Bonchev–Trinajstić information content (AvgIpc) is 3.80. The van der Waals surface area contributed by atoms with Gasteiger partial charge in [-0.25, -0.2) is 9.97 Å². The lowest BCUT2D eigenvalue weighted by Crippen LogP contribution is -2.42. The molecule has 0 aliphatic carbocycles. The van der Waals surface area contributed by atoms with Crippen molar-refractivity contribution in [1.29, 1.82) is 0 Å². The van der Waals surface area contributed by atoms with E-state index in [2.05, 4.69) is 188 Å². The van der Waals surface area contributed by atoms with Gasteiger partial charge in [-0.1, -0.05) is 131 Å². The number of pyridine rings is 2. The Balaban J connectivity index is 1.12. The van der Waals surface area contributed by atoms with Crippen LogP contribution in [-0.4, -0.2) is 18.9 Å². The molecular weight excluding hydrogens is 685 g/mol. The molecule has 0 amide bonds. The highest BCUT2D eigenvalue weighted by atomic mass is 16.5. The van der Waals surface area contributed by atoms with Crippen LogP contribution in [0.4, 0.5) is 0 Å². The van der Waals surface area contributed by atoms with Gasteiger partial charge in [-0.2, -0.15) is 0 Å². The van der Waals surface area contributed by atoms with E-state index in [1.165, 1.54) is 27.4 Å². The second-order valence-corrected chi connectivity index (χ2v) is 15.8. The van der Waals surface area contributed by atoms with Gasteiger partial charge in [-0.15, -0.1) is 0 Å². The van der Waals surface area contributed by atoms with Crippen LogP contribution in [0.5, 0.6) is 11.5 Å².